The maximum absolute atomic E-state index is 12.2. The van der Waals surface area contributed by atoms with Gasteiger partial charge in [-0.25, -0.2) is 4.79 Å². The van der Waals surface area contributed by atoms with E-state index in [9.17, 15) is 4.79 Å². The molecule has 1 saturated heterocycles. The molecule has 2 rings (SSSR count). The van der Waals surface area contributed by atoms with E-state index in [0.29, 0.717) is 19.7 Å². The van der Waals surface area contributed by atoms with E-state index < -0.39 is 0 Å². The summed E-state index contributed by atoms with van der Waals surface area (Å²) >= 11 is 0. The van der Waals surface area contributed by atoms with Crippen molar-refractivity contribution in [3.05, 3.63) is 29.8 Å². The number of ether oxygens (including phenoxy) is 1. The molecule has 6 nitrogen and oxygen atoms in total. The third-order valence-corrected chi connectivity index (χ3v) is 3.41. The molecule has 110 valence electrons. The Hall–Kier alpha value is -1.63. The predicted molar refractivity (Wildman–Crippen MR) is 76.3 cm³/mol. The standard InChI is InChI=1S/C14H21N3O3/c1-10-9-20-13(8-18)7-17(10)14(19)16-12-4-2-11(6-15)3-5-12/h2-5,10,13,18H,6-9,15H2,1H3,(H,16,19). The van der Waals surface area contributed by atoms with Crippen LogP contribution in [0.3, 0.4) is 0 Å². The molecule has 2 atom stereocenters. The molecule has 0 saturated carbocycles. The Morgan fingerprint density at radius 1 is 1.50 bits per heavy atom. The van der Waals surface area contributed by atoms with Crippen molar-refractivity contribution >= 4 is 11.7 Å². The van der Waals surface area contributed by atoms with Crippen LogP contribution in [0.5, 0.6) is 0 Å². The first kappa shape index (κ1) is 14.8. The minimum Gasteiger partial charge on any atom is -0.394 e. The number of anilines is 1. The topological polar surface area (TPSA) is 87.8 Å². The Bertz CT molecular complexity index is 449. The van der Waals surface area contributed by atoms with Gasteiger partial charge >= 0.3 is 6.03 Å². The summed E-state index contributed by atoms with van der Waals surface area (Å²) in [5, 5.41) is 12.0. The van der Waals surface area contributed by atoms with Crippen molar-refractivity contribution in [3.8, 4) is 0 Å². The largest absolute Gasteiger partial charge is 0.394 e. The fourth-order valence-electron chi connectivity index (χ4n) is 2.13. The average Bonchev–Trinajstić information content (AvgIpc) is 2.48. The number of carbonyl (C=O) groups excluding carboxylic acids is 1. The fourth-order valence-corrected chi connectivity index (χ4v) is 2.13. The number of aliphatic hydroxyl groups excluding tert-OH is 1. The summed E-state index contributed by atoms with van der Waals surface area (Å²) < 4.78 is 5.41. The van der Waals surface area contributed by atoms with E-state index in [-0.39, 0.29) is 24.8 Å². The Labute approximate surface area is 118 Å². The Balaban J connectivity index is 1.98. The van der Waals surface area contributed by atoms with Crippen molar-refractivity contribution in [3.63, 3.8) is 0 Å². The van der Waals surface area contributed by atoms with Gasteiger partial charge in [-0.3, -0.25) is 0 Å². The molecule has 0 radical (unpaired) electrons. The first-order valence-corrected chi connectivity index (χ1v) is 6.73. The smallest absolute Gasteiger partial charge is 0.322 e. The van der Waals surface area contributed by atoms with E-state index in [4.69, 9.17) is 15.6 Å². The van der Waals surface area contributed by atoms with Crippen molar-refractivity contribution in [2.24, 2.45) is 5.73 Å². The number of nitrogens with two attached hydrogens (primary N) is 1. The van der Waals surface area contributed by atoms with Crippen LogP contribution < -0.4 is 11.1 Å². The predicted octanol–water partition coefficient (Wildman–Crippen LogP) is 0.759. The molecule has 1 aromatic carbocycles. The summed E-state index contributed by atoms with van der Waals surface area (Å²) in [6, 6.07) is 7.23. The quantitative estimate of drug-likeness (QED) is 0.762. The second kappa shape index (κ2) is 6.69. The molecule has 2 unspecified atom stereocenters. The van der Waals surface area contributed by atoms with Crippen LogP contribution in [0.15, 0.2) is 24.3 Å². The zero-order chi connectivity index (χ0) is 14.5. The molecule has 1 heterocycles. The monoisotopic (exact) mass is 279 g/mol. The van der Waals surface area contributed by atoms with Gasteiger partial charge in [-0.1, -0.05) is 12.1 Å². The van der Waals surface area contributed by atoms with Gasteiger partial charge in [0.05, 0.1) is 31.9 Å². The average molecular weight is 279 g/mol. The number of nitrogens with zero attached hydrogens (tertiary/aromatic N) is 1. The number of carbonyl (C=O) groups is 1. The summed E-state index contributed by atoms with van der Waals surface area (Å²) in [7, 11) is 0. The second-order valence-electron chi connectivity index (χ2n) is 4.97. The lowest BCUT2D eigenvalue weighted by atomic mass is 10.2. The number of benzene rings is 1. The van der Waals surface area contributed by atoms with E-state index in [1.165, 1.54) is 0 Å². The summed E-state index contributed by atoms with van der Waals surface area (Å²) in [4.78, 5) is 13.9. The van der Waals surface area contributed by atoms with Crippen LogP contribution in [-0.2, 0) is 11.3 Å². The van der Waals surface area contributed by atoms with Crippen molar-refractivity contribution < 1.29 is 14.6 Å². The van der Waals surface area contributed by atoms with Crippen LogP contribution in [0.4, 0.5) is 10.5 Å². The Kier molecular flexibility index (Phi) is 4.94. The van der Waals surface area contributed by atoms with Crippen LogP contribution in [0.2, 0.25) is 0 Å². The summed E-state index contributed by atoms with van der Waals surface area (Å²) in [5.41, 5.74) is 7.28. The lowest BCUT2D eigenvalue weighted by Crippen LogP contribution is -2.53. The lowest BCUT2D eigenvalue weighted by molar-refractivity contribution is -0.0611. The molecule has 1 aromatic rings. The van der Waals surface area contributed by atoms with E-state index >= 15 is 0 Å². The molecule has 6 heteroatoms. The van der Waals surface area contributed by atoms with Gasteiger partial charge in [0.2, 0.25) is 0 Å². The normalized spacial score (nSPS) is 22.6. The maximum Gasteiger partial charge on any atom is 0.322 e. The van der Waals surface area contributed by atoms with E-state index in [2.05, 4.69) is 5.32 Å². The highest BCUT2D eigenvalue weighted by molar-refractivity contribution is 5.89. The number of nitrogens with one attached hydrogen (secondary N) is 1. The molecule has 1 aliphatic heterocycles. The van der Waals surface area contributed by atoms with Crippen LogP contribution in [0, 0.1) is 0 Å². The van der Waals surface area contributed by atoms with E-state index in [1.54, 1.807) is 4.90 Å². The van der Waals surface area contributed by atoms with Crippen molar-refractivity contribution in [1.29, 1.82) is 0 Å². The van der Waals surface area contributed by atoms with Gasteiger partial charge in [-0.05, 0) is 24.6 Å². The number of aliphatic hydroxyl groups is 1. The molecule has 0 bridgehead atoms. The second-order valence-corrected chi connectivity index (χ2v) is 4.97. The Morgan fingerprint density at radius 3 is 2.80 bits per heavy atom. The molecular formula is C14H21N3O3. The van der Waals surface area contributed by atoms with Gasteiger partial charge in [0, 0.05) is 12.2 Å². The van der Waals surface area contributed by atoms with Gasteiger partial charge in [-0.2, -0.15) is 0 Å². The maximum atomic E-state index is 12.2. The molecule has 4 N–H and O–H groups in total. The number of amides is 2. The first-order chi connectivity index (χ1) is 9.63. The third-order valence-electron chi connectivity index (χ3n) is 3.41. The van der Waals surface area contributed by atoms with Gasteiger partial charge in [0.25, 0.3) is 0 Å². The van der Waals surface area contributed by atoms with Gasteiger partial charge in [0.15, 0.2) is 0 Å². The number of hydrogen-bond acceptors (Lipinski definition) is 4. The molecule has 2 amide bonds. The summed E-state index contributed by atoms with van der Waals surface area (Å²) in [5.74, 6) is 0. The molecule has 1 fully saturated rings. The SMILES string of the molecule is CC1COC(CO)CN1C(=O)Nc1ccc(CN)cc1. The zero-order valence-electron chi connectivity index (χ0n) is 11.6. The Morgan fingerprint density at radius 2 is 2.20 bits per heavy atom. The van der Waals surface area contributed by atoms with Crippen molar-refractivity contribution in [2.75, 3.05) is 25.1 Å². The molecule has 20 heavy (non-hydrogen) atoms. The number of hydrogen-bond donors (Lipinski definition) is 3. The van der Waals surface area contributed by atoms with Crippen molar-refractivity contribution in [1.82, 2.24) is 4.90 Å². The third kappa shape index (κ3) is 3.47. The minimum absolute atomic E-state index is 0.0129. The molecule has 1 aliphatic rings. The zero-order valence-corrected chi connectivity index (χ0v) is 11.6. The van der Waals surface area contributed by atoms with E-state index in [1.807, 2.05) is 31.2 Å². The summed E-state index contributed by atoms with van der Waals surface area (Å²) in [6.07, 6.45) is -0.309. The number of rotatable bonds is 3. The van der Waals surface area contributed by atoms with Crippen LogP contribution in [0.1, 0.15) is 12.5 Å². The lowest BCUT2D eigenvalue weighted by Gasteiger charge is -2.37. The molecular weight excluding hydrogens is 258 g/mol. The molecule has 0 spiro atoms. The molecule has 0 aromatic heterocycles. The van der Waals surface area contributed by atoms with Crippen molar-refractivity contribution in [2.45, 2.75) is 25.6 Å². The fraction of sp³-hybridized carbons (Fsp3) is 0.500. The number of morpholine rings is 1. The minimum atomic E-state index is -0.309. The highest BCUT2D eigenvalue weighted by atomic mass is 16.5. The summed E-state index contributed by atoms with van der Waals surface area (Å²) in [6.45, 7) is 3.15. The van der Waals surface area contributed by atoms with E-state index in [0.717, 1.165) is 11.3 Å². The highest BCUT2D eigenvalue weighted by Gasteiger charge is 2.29. The van der Waals surface area contributed by atoms with Gasteiger partial charge in [-0.15, -0.1) is 0 Å². The van der Waals surface area contributed by atoms with Crippen LogP contribution >= 0.6 is 0 Å². The highest BCUT2D eigenvalue weighted by Crippen LogP contribution is 2.15. The first-order valence-electron chi connectivity index (χ1n) is 6.73. The van der Waals surface area contributed by atoms with Gasteiger partial charge < -0.3 is 25.8 Å². The van der Waals surface area contributed by atoms with Gasteiger partial charge in [0.1, 0.15) is 0 Å². The number of urea groups is 1. The van der Waals surface area contributed by atoms with Crippen LogP contribution in [-0.4, -0.2) is 47.9 Å². The van der Waals surface area contributed by atoms with Crippen LogP contribution in [0.25, 0.3) is 0 Å². The molecule has 0 aliphatic carbocycles.